The lowest BCUT2D eigenvalue weighted by Crippen LogP contribution is -2.27. The van der Waals surface area contributed by atoms with Gasteiger partial charge in [-0.25, -0.2) is 0 Å². The van der Waals surface area contributed by atoms with Gasteiger partial charge in [0, 0.05) is 19.0 Å². The molecule has 0 fully saturated rings. The van der Waals surface area contributed by atoms with Gasteiger partial charge in [0.25, 0.3) is 0 Å². The fraction of sp³-hybridized carbons (Fsp3) is 0.308. The molecule has 6 nitrogen and oxygen atoms in total. The van der Waals surface area contributed by atoms with Crippen LogP contribution >= 0.6 is 0 Å². The van der Waals surface area contributed by atoms with Crippen LogP contribution < -0.4 is 10.6 Å². The van der Waals surface area contributed by atoms with E-state index in [-0.39, 0.29) is 18.7 Å². The lowest BCUT2D eigenvalue weighted by atomic mass is 10.1. The van der Waals surface area contributed by atoms with Gasteiger partial charge in [0.2, 0.25) is 5.91 Å². The summed E-state index contributed by atoms with van der Waals surface area (Å²) in [5.74, 6) is -0.693. The topological polar surface area (TPSA) is 89.7 Å². The van der Waals surface area contributed by atoms with Crippen molar-refractivity contribution in [2.75, 3.05) is 24.8 Å². The van der Waals surface area contributed by atoms with E-state index in [4.69, 9.17) is 5.73 Å². The van der Waals surface area contributed by atoms with E-state index in [1.807, 2.05) is 0 Å². The summed E-state index contributed by atoms with van der Waals surface area (Å²) >= 11 is 0. The van der Waals surface area contributed by atoms with Crippen molar-refractivity contribution in [3.8, 4) is 0 Å². The van der Waals surface area contributed by atoms with Crippen molar-refractivity contribution in [3.63, 3.8) is 0 Å². The van der Waals surface area contributed by atoms with Crippen molar-refractivity contribution in [2.45, 2.75) is 12.8 Å². The summed E-state index contributed by atoms with van der Waals surface area (Å²) < 4.78 is 4.47. The summed E-state index contributed by atoms with van der Waals surface area (Å²) in [6, 6.07) is 4.66. The van der Waals surface area contributed by atoms with Crippen LogP contribution in [0.4, 0.5) is 11.4 Å². The lowest BCUT2D eigenvalue weighted by molar-refractivity contribution is -0.141. The van der Waals surface area contributed by atoms with E-state index in [1.54, 1.807) is 19.2 Å². The first kappa shape index (κ1) is 14.7. The van der Waals surface area contributed by atoms with Crippen LogP contribution in [0.3, 0.4) is 0 Å². The Bertz CT molecular complexity index is 499. The van der Waals surface area contributed by atoms with Crippen molar-refractivity contribution < 1.29 is 19.1 Å². The van der Waals surface area contributed by atoms with Gasteiger partial charge in [-0.05, 0) is 18.2 Å². The van der Waals surface area contributed by atoms with Crippen molar-refractivity contribution in [1.82, 2.24) is 0 Å². The summed E-state index contributed by atoms with van der Waals surface area (Å²) in [6.45, 7) is 0. The molecule has 0 bridgehead atoms. The molecule has 0 radical (unpaired) electrons. The van der Waals surface area contributed by atoms with E-state index in [1.165, 1.54) is 18.1 Å². The van der Waals surface area contributed by atoms with Crippen LogP contribution in [-0.4, -0.2) is 32.3 Å². The summed E-state index contributed by atoms with van der Waals surface area (Å²) in [5, 5.41) is 0. The monoisotopic (exact) mass is 264 g/mol. The Balaban J connectivity index is 2.76. The molecule has 0 spiro atoms. The van der Waals surface area contributed by atoms with Crippen LogP contribution in [0.5, 0.6) is 0 Å². The summed E-state index contributed by atoms with van der Waals surface area (Å²) in [6.07, 6.45) is 0.739. The first-order chi connectivity index (χ1) is 8.99. The molecule has 19 heavy (non-hydrogen) atoms. The molecule has 0 aliphatic heterocycles. The number of nitrogens with two attached hydrogens (primary N) is 1. The van der Waals surface area contributed by atoms with Crippen LogP contribution in [0.1, 0.15) is 23.2 Å². The number of rotatable bonds is 5. The smallest absolute Gasteiger partial charge is 0.306 e. The van der Waals surface area contributed by atoms with E-state index < -0.39 is 5.97 Å². The minimum absolute atomic E-state index is 0.0198. The highest BCUT2D eigenvalue weighted by molar-refractivity contribution is 5.97. The van der Waals surface area contributed by atoms with Crippen LogP contribution in [0.2, 0.25) is 0 Å². The highest BCUT2D eigenvalue weighted by atomic mass is 16.5. The summed E-state index contributed by atoms with van der Waals surface area (Å²) in [5.41, 5.74) is 7.05. The zero-order valence-electron chi connectivity index (χ0n) is 10.9. The van der Waals surface area contributed by atoms with Crippen molar-refractivity contribution in [2.24, 2.45) is 0 Å². The van der Waals surface area contributed by atoms with Gasteiger partial charge in [-0.3, -0.25) is 14.4 Å². The zero-order valence-corrected chi connectivity index (χ0v) is 10.9. The number of hydrogen-bond acceptors (Lipinski definition) is 5. The van der Waals surface area contributed by atoms with Crippen molar-refractivity contribution in [3.05, 3.63) is 23.8 Å². The van der Waals surface area contributed by atoms with Gasteiger partial charge < -0.3 is 15.4 Å². The molecule has 0 aliphatic rings. The van der Waals surface area contributed by atoms with Crippen LogP contribution in [-0.2, 0) is 14.3 Å². The summed E-state index contributed by atoms with van der Waals surface area (Å²) in [4.78, 5) is 34.8. The number of aldehydes is 1. The van der Waals surface area contributed by atoms with Crippen molar-refractivity contribution in [1.29, 1.82) is 0 Å². The molecular formula is C13H16N2O4. The number of methoxy groups -OCH3 is 1. The molecule has 0 atom stereocenters. The molecule has 1 aromatic rings. The highest BCUT2D eigenvalue weighted by Gasteiger charge is 2.15. The number of nitrogen functional groups attached to an aromatic ring is 1. The van der Waals surface area contributed by atoms with Crippen LogP contribution in [0, 0.1) is 0 Å². The second kappa shape index (κ2) is 6.53. The van der Waals surface area contributed by atoms with Gasteiger partial charge >= 0.3 is 5.97 Å². The fourth-order valence-electron chi connectivity index (χ4n) is 1.56. The maximum Gasteiger partial charge on any atom is 0.306 e. The molecule has 1 rings (SSSR count). The molecule has 2 N–H and O–H groups in total. The first-order valence-corrected chi connectivity index (χ1v) is 5.67. The minimum atomic E-state index is -0.439. The zero-order chi connectivity index (χ0) is 14.4. The number of amides is 1. The number of hydrogen-bond donors (Lipinski definition) is 1. The number of carbonyl (C=O) groups is 3. The van der Waals surface area contributed by atoms with Gasteiger partial charge in [0.15, 0.2) is 0 Å². The third-order valence-electron chi connectivity index (χ3n) is 2.69. The van der Waals surface area contributed by atoms with Gasteiger partial charge in [0.1, 0.15) is 6.29 Å². The van der Waals surface area contributed by atoms with E-state index >= 15 is 0 Å². The highest BCUT2D eigenvalue weighted by Crippen LogP contribution is 2.23. The normalized spacial score (nSPS) is 9.79. The number of anilines is 2. The van der Waals surface area contributed by atoms with Gasteiger partial charge in [-0.15, -0.1) is 0 Å². The second-order valence-corrected chi connectivity index (χ2v) is 3.96. The molecule has 0 aliphatic carbocycles. The third-order valence-corrected chi connectivity index (χ3v) is 2.69. The predicted molar refractivity (Wildman–Crippen MR) is 70.9 cm³/mol. The predicted octanol–water partition coefficient (Wildman–Crippen LogP) is 0.997. The quantitative estimate of drug-likeness (QED) is 0.486. The molecule has 0 unspecified atom stereocenters. The third kappa shape index (κ3) is 3.80. The van der Waals surface area contributed by atoms with Crippen LogP contribution in [0.15, 0.2) is 18.2 Å². The Morgan fingerprint density at radius 2 is 2.05 bits per heavy atom. The number of nitrogens with zero attached hydrogens (tertiary/aromatic N) is 1. The molecule has 1 amide bonds. The summed E-state index contributed by atoms with van der Waals surface area (Å²) in [7, 11) is 2.83. The van der Waals surface area contributed by atoms with E-state index in [9.17, 15) is 14.4 Å². The number of benzene rings is 1. The molecule has 0 heterocycles. The van der Waals surface area contributed by atoms with Gasteiger partial charge in [-0.1, -0.05) is 0 Å². The number of ether oxygens (including phenoxy) is 1. The maximum atomic E-state index is 11.9. The Morgan fingerprint density at radius 3 is 2.58 bits per heavy atom. The van der Waals surface area contributed by atoms with Crippen LogP contribution in [0.25, 0.3) is 0 Å². The lowest BCUT2D eigenvalue weighted by Gasteiger charge is -2.19. The van der Waals surface area contributed by atoms with Gasteiger partial charge in [-0.2, -0.15) is 0 Å². The minimum Gasteiger partial charge on any atom is -0.469 e. The fourth-order valence-corrected chi connectivity index (χ4v) is 1.56. The molecule has 0 saturated heterocycles. The molecule has 0 saturated carbocycles. The Hall–Kier alpha value is -2.37. The van der Waals surface area contributed by atoms with Crippen molar-refractivity contribution >= 4 is 29.5 Å². The molecule has 1 aromatic carbocycles. The first-order valence-electron chi connectivity index (χ1n) is 5.67. The molecule has 102 valence electrons. The average molecular weight is 264 g/mol. The maximum absolute atomic E-state index is 11.9. The number of esters is 1. The SMILES string of the molecule is COC(=O)CCC(=O)N(C)c1ccc(C=O)cc1N. The largest absolute Gasteiger partial charge is 0.469 e. The Labute approximate surface area is 111 Å². The second-order valence-electron chi connectivity index (χ2n) is 3.96. The molecular weight excluding hydrogens is 248 g/mol. The average Bonchev–Trinajstić information content (AvgIpc) is 2.43. The standard InChI is InChI=1S/C13H16N2O4/c1-15(12(17)5-6-13(18)19-2)11-4-3-9(8-16)7-10(11)14/h3-4,7-8H,5-6,14H2,1-2H3. The van der Waals surface area contributed by atoms with E-state index in [0.717, 1.165) is 0 Å². The van der Waals surface area contributed by atoms with Gasteiger partial charge in [0.05, 0.1) is 24.9 Å². The number of carbonyl (C=O) groups excluding carboxylic acids is 3. The molecule has 6 heteroatoms. The molecule has 0 aromatic heterocycles. The van der Waals surface area contributed by atoms with E-state index in [2.05, 4.69) is 4.74 Å². The Morgan fingerprint density at radius 1 is 1.37 bits per heavy atom. The van der Waals surface area contributed by atoms with E-state index in [0.29, 0.717) is 23.2 Å². The Kier molecular flexibility index (Phi) is 5.05.